The molecule has 0 radical (unpaired) electrons. The Morgan fingerprint density at radius 2 is 1.76 bits per heavy atom. The van der Waals surface area contributed by atoms with Crippen LogP contribution >= 0.6 is 0 Å². The number of rotatable bonds is 8. The van der Waals surface area contributed by atoms with E-state index in [0.717, 1.165) is 31.6 Å². The van der Waals surface area contributed by atoms with Gasteiger partial charge in [-0.2, -0.15) is 0 Å². The van der Waals surface area contributed by atoms with Crippen molar-refractivity contribution in [3.8, 4) is 5.75 Å². The first kappa shape index (κ1) is 23.8. The van der Waals surface area contributed by atoms with Crippen LogP contribution in [0.4, 0.5) is 17.1 Å². The summed E-state index contributed by atoms with van der Waals surface area (Å²) in [6.45, 7) is 1.95. The van der Waals surface area contributed by atoms with Crippen molar-refractivity contribution in [3.05, 3.63) is 48.5 Å². The fourth-order valence-electron chi connectivity index (χ4n) is 4.77. The van der Waals surface area contributed by atoms with E-state index in [1.807, 2.05) is 18.2 Å². The maximum Gasteiger partial charge on any atom is 0.265 e. The lowest BCUT2D eigenvalue weighted by Gasteiger charge is -2.30. The first-order chi connectivity index (χ1) is 16.5. The van der Waals surface area contributed by atoms with Crippen LogP contribution in [0.15, 0.2) is 48.5 Å². The third-order valence-corrected chi connectivity index (χ3v) is 6.71. The molecule has 1 aliphatic carbocycles. The fraction of sp³-hybridized carbons (Fsp3) is 0.444. The molecule has 4 rings (SSSR count). The number of carbonyl (C=O) groups excluding carboxylic acids is 3. The average Bonchev–Trinajstić information content (AvgIpc) is 2.85. The third-order valence-electron chi connectivity index (χ3n) is 6.71. The van der Waals surface area contributed by atoms with E-state index in [4.69, 9.17) is 4.74 Å². The SMILES string of the molecule is CCCCC1CCC(C(=O)Nc2ccc3c(c2)N(CC(=O)Nc2ccccc2)C(=O)CO3)CC1. The number of ether oxygens (including phenoxy) is 1. The lowest BCUT2D eigenvalue weighted by Crippen LogP contribution is -2.43. The number of carbonyl (C=O) groups is 3. The molecule has 3 amide bonds. The Morgan fingerprint density at radius 1 is 1.00 bits per heavy atom. The second kappa shape index (κ2) is 11.2. The second-order valence-electron chi connectivity index (χ2n) is 9.21. The highest BCUT2D eigenvalue weighted by atomic mass is 16.5. The van der Waals surface area contributed by atoms with Crippen LogP contribution in [0.2, 0.25) is 0 Å². The topological polar surface area (TPSA) is 87.7 Å². The summed E-state index contributed by atoms with van der Waals surface area (Å²) in [5.74, 6) is 0.684. The van der Waals surface area contributed by atoms with E-state index in [9.17, 15) is 14.4 Å². The van der Waals surface area contributed by atoms with Crippen LogP contribution in [-0.4, -0.2) is 30.9 Å². The molecule has 0 unspecified atom stereocenters. The zero-order chi connectivity index (χ0) is 23.9. The first-order valence-electron chi connectivity index (χ1n) is 12.3. The molecule has 34 heavy (non-hydrogen) atoms. The van der Waals surface area contributed by atoms with E-state index in [1.165, 1.54) is 24.2 Å². The number of hydrogen-bond acceptors (Lipinski definition) is 4. The molecule has 7 nitrogen and oxygen atoms in total. The Balaban J connectivity index is 1.40. The minimum absolute atomic E-state index is 0.0135. The zero-order valence-electron chi connectivity index (χ0n) is 19.7. The van der Waals surface area contributed by atoms with Gasteiger partial charge in [-0.25, -0.2) is 0 Å². The Hall–Kier alpha value is -3.35. The molecule has 180 valence electrons. The lowest BCUT2D eigenvalue weighted by molar-refractivity contribution is -0.123. The van der Waals surface area contributed by atoms with Gasteiger partial charge in [-0.3, -0.25) is 19.3 Å². The quantitative estimate of drug-likeness (QED) is 0.578. The molecule has 2 aromatic carbocycles. The zero-order valence-corrected chi connectivity index (χ0v) is 19.7. The Morgan fingerprint density at radius 3 is 2.50 bits per heavy atom. The molecule has 1 heterocycles. The molecule has 0 bridgehead atoms. The van der Waals surface area contributed by atoms with Crippen LogP contribution in [-0.2, 0) is 14.4 Å². The molecule has 0 atom stereocenters. The summed E-state index contributed by atoms with van der Waals surface area (Å²) in [6.07, 6.45) is 7.78. The molecular formula is C27H33N3O4. The van der Waals surface area contributed by atoms with Crippen molar-refractivity contribution in [1.82, 2.24) is 0 Å². The third kappa shape index (κ3) is 5.95. The monoisotopic (exact) mass is 463 g/mol. The van der Waals surface area contributed by atoms with Gasteiger partial charge in [-0.15, -0.1) is 0 Å². The van der Waals surface area contributed by atoms with Gasteiger partial charge in [0.25, 0.3) is 5.91 Å². The van der Waals surface area contributed by atoms with Gasteiger partial charge in [-0.1, -0.05) is 44.4 Å². The number of nitrogens with zero attached hydrogens (tertiary/aromatic N) is 1. The van der Waals surface area contributed by atoms with Gasteiger partial charge < -0.3 is 15.4 Å². The van der Waals surface area contributed by atoms with Crippen molar-refractivity contribution in [3.63, 3.8) is 0 Å². The number of hydrogen-bond donors (Lipinski definition) is 2. The number of amides is 3. The maximum atomic E-state index is 12.9. The van der Waals surface area contributed by atoms with E-state index in [1.54, 1.807) is 30.3 Å². The minimum Gasteiger partial charge on any atom is -0.482 e. The van der Waals surface area contributed by atoms with Crippen molar-refractivity contribution >= 4 is 34.8 Å². The van der Waals surface area contributed by atoms with E-state index in [2.05, 4.69) is 17.6 Å². The predicted octanol–water partition coefficient (Wildman–Crippen LogP) is 4.99. The average molecular weight is 464 g/mol. The maximum absolute atomic E-state index is 12.9. The van der Waals surface area contributed by atoms with Crippen molar-refractivity contribution in [2.75, 3.05) is 28.7 Å². The van der Waals surface area contributed by atoms with E-state index in [0.29, 0.717) is 22.8 Å². The number of benzene rings is 2. The predicted molar refractivity (Wildman–Crippen MR) is 133 cm³/mol. The number of anilines is 3. The summed E-state index contributed by atoms with van der Waals surface area (Å²) >= 11 is 0. The standard InChI is InChI=1S/C27H33N3O4/c1-2-3-7-19-10-12-20(13-11-19)27(33)29-22-14-15-24-23(16-22)30(26(32)18-34-24)17-25(31)28-21-8-5-4-6-9-21/h4-6,8-9,14-16,19-20H,2-3,7,10-13,17-18H2,1H3,(H,28,31)(H,29,33). The lowest BCUT2D eigenvalue weighted by atomic mass is 9.79. The number of fused-ring (bicyclic) bond motifs is 1. The molecule has 0 aromatic heterocycles. The van der Waals surface area contributed by atoms with Crippen LogP contribution in [0.5, 0.6) is 5.75 Å². The van der Waals surface area contributed by atoms with Crippen molar-refractivity contribution in [2.45, 2.75) is 51.9 Å². The smallest absolute Gasteiger partial charge is 0.265 e. The second-order valence-corrected chi connectivity index (χ2v) is 9.21. The molecule has 2 N–H and O–H groups in total. The normalized spacial score (nSPS) is 19.7. The van der Waals surface area contributed by atoms with Crippen LogP contribution < -0.4 is 20.3 Å². The minimum atomic E-state index is -0.304. The van der Waals surface area contributed by atoms with Crippen LogP contribution in [0.25, 0.3) is 0 Å². The summed E-state index contributed by atoms with van der Waals surface area (Å²) in [5, 5.41) is 5.82. The Kier molecular flexibility index (Phi) is 7.83. The summed E-state index contributed by atoms with van der Waals surface area (Å²) in [4.78, 5) is 39.5. The molecule has 1 fully saturated rings. The van der Waals surface area contributed by atoms with E-state index < -0.39 is 0 Å². The summed E-state index contributed by atoms with van der Waals surface area (Å²) in [6, 6.07) is 14.3. The molecule has 0 saturated heterocycles. The molecular weight excluding hydrogens is 430 g/mol. The van der Waals surface area contributed by atoms with Gasteiger partial charge in [0, 0.05) is 17.3 Å². The molecule has 2 aromatic rings. The van der Waals surface area contributed by atoms with Crippen LogP contribution in [0.1, 0.15) is 51.9 Å². The van der Waals surface area contributed by atoms with Gasteiger partial charge in [0.05, 0.1) is 5.69 Å². The van der Waals surface area contributed by atoms with Gasteiger partial charge in [0.1, 0.15) is 12.3 Å². The van der Waals surface area contributed by atoms with Gasteiger partial charge in [0.15, 0.2) is 6.61 Å². The van der Waals surface area contributed by atoms with Gasteiger partial charge in [-0.05, 0) is 61.9 Å². The summed E-state index contributed by atoms with van der Waals surface area (Å²) in [5.41, 5.74) is 1.75. The highest BCUT2D eigenvalue weighted by Gasteiger charge is 2.29. The molecule has 0 spiro atoms. The number of unbranched alkanes of at least 4 members (excludes halogenated alkanes) is 1. The highest BCUT2D eigenvalue weighted by Crippen LogP contribution is 2.36. The molecule has 7 heteroatoms. The van der Waals surface area contributed by atoms with Crippen molar-refractivity contribution < 1.29 is 19.1 Å². The summed E-state index contributed by atoms with van der Waals surface area (Å²) in [7, 11) is 0. The van der Waals surface area contributed by atoms with Crippen LogP contribution in [0, 0.1) is 11.8 Å². The van der Waals surface area contributed by atoms with Gasteiger partial charge in [0.2, 0.25) is 11.8 Å². The molecule has 2 aliphatic rings. The number of nitrogens with one attached hydrogen (secondary N) is 2. The van der Waals surface area contributed by atoms with Gasteiger partial charge >= 0.3 is 0 Å². The Bertz CT molecular complexity index is 1020. The largest absolute Gasteiger partial charge is 0.482 e. The first-order valence-corrected chi connectivity index (χ1v) is 12.3. The van der Waals surface area contributed by atoms with Crippen LogP contribution in [0.3, 0.4) is 0 Å². The van der Waals surface area contributed by atoms with E-state index >= 15 is 0 Å². The summed E-state index contributed by atoms with van der Waals surface area (Å²) < 4.78 is 5.55. The van der Waals surface area contributed by atoms with Crippen molar-refractivity contribution in [1.29, 1.82) is 0 Å². The molecule has 1 saturated carbocycles. The van der Waals surface area contributed by atoms with E-state index in [-0.39, 0.29) is 36.8 Å². The van der Waals surface area contributed by atoms with Crippen molar-refractivity contribution in [2.24, 2.45) is 11.8 Å². The fourth-order valence-corrected chi connectivity index (χ4v) is 4.77. The highest BCUT2D eigenvalue weighted by molar-refractivity contribution is 6.05. The molecule has 1 aliphatic heterocycles. The number of para-hydroxylation sites is 1. The Labute approximate surface area is 200 Å².